The van der Waals surface area contributed by atoms with Gasteiger partial charge in [0.2, 0.25) is 0 Å². The second kappa shape index (κ2) is 9.27. The Morgan fingerprint density at radius 1 is 0.920 bits per heavy atom. The van der Waals surface area contributed by atoms with Crippen molar-refractivity contribution < 1.29 is 32.7 Å². The molecule has 0 unspecified atom stereocenters. The maximum Gasteiger partial charge on any atom is 0.124 e. The number of rotatable bonds is 4. The molecule has 1 aliphatic heterocycles. The number of imidazole rings is 1. The Morgan fingerprint density at radius 2 is 1.60 bits per heavy atom. The molecule has 1 aliphatic rings. The van der Waals surface area contributed by atoms with Gasteiger partial charge in [-0.05, 0) is 55.8 Å². The predicted molar refractivity (Wildman–Crippen MR) is 102 cm³/mol. The Balaban J connectivity index is 0.00000113. The van der Waals surface area contributed by atoms with Crippen molar-refractivity contribution in [3.8, 4) is 0 Å². The summed E-state index contributed by atoms with van der Waals surface area (Å²) in [6.07, 6.45) is 2.61. The summed E-state index contributed by atoms with van der Waals surface area (Å²) < 4.78 is 2.34. The molecule has 2 heterocycles. The van der Waals surface area contributed by atoms with Crippen molar-refractivity contribution in [2.24, 2.45) is 0 Å². The molecule has 3 aromatic rings. The van der Waals surface area contributed by atoms with Crippen molar-refractivity contribution in [1.82, 2.24) is 14.5 Å². The zero-order valence-corrected chi connectivity index (χ0v) is 17.3. The molecule has 3 nitrogen and oxygen atoms in total. The van der Waals surface area contributed by atoms with E-state index in [1.165, 1.54) is 37.0 Å². The second-order valence-electron chi connectivity index (χ2n) is 6.21. The minimum atomic E-state index is 0. The number of hydrogen-bond donors (Lipinski definition) is 0. The number of likely N-dealkylation sites (tertiary alicyclic amines) is 1. The van der Waals surface area contributed by atoms with Crippen LogP contribution in [0.5, 0.6) is 0 Å². The van der Waals surface area contributed by atoms with E-state index in [-0.39, 0.29) is 40.1 Å². The van der Waals surface area contributed by atoms with Crippen molar-refractivity contribution in [2.75, 3.05) is 13.1 Å². The molecule has 129 valence electrons. The van der Waals surface area contributed by atoms with Gasteiger partial charge in [0.15, 0.2) is 0 Å². The van der Waals surface area contributed by atoms with Crippen LogP contribution in [0.3, 0.4) is 0 Å². The first-order chi connectivity index (χ1) is 11.3. The standard InChI is InChI=1S/C19H20ClN3.CH4.Y/c20-16-9-7-15(8-10-16)13-23-18-6-2-1-5-17(18)21-19(23)14-22-11-3-4-12-22;;/h1-2,5-10H,3-4,11-14H2;1H4;. The largest absolute Gasteiger partial charge is 0.322 e. The van der Waals surface area contributed by atoms with E-state index in [9.17, 15) is 0 Å². The van der Waals surface area contributed by atoms with Crippen molar-refractivity contribution in [2.45, 2.75) is 33.4 Å². The molecule has 0 atom stereocenters. The molecule has 4 rings (SSSR count). The number of aromatic nitrogens is 2. The van der Waals surface area contributed by atoms with Crippen LogP contribution in [0.25, 0.3) is 11.0 Å². The summed E-state index contributed by atoms with van der Waals surface area (Å²) in [5, 5.41) is 0.779. The monoisotopic (exact) mass is 430 g/mol. The fourth-order valence-electron chi connectivity index (χ4n) is 3.34. The fraction of sp³-hybridized carbons (Fsp3) is 0.350. The first-order valence-electron chi connectivity index (χ1n) is 8.20. The number of nitrogens with zero attached hydrogens (tertiary/aromatic N) is 3. The average molecular weight is 431 g/mol. The summed E-state index contributed by atoms with van der Waals surface area (Å²) in [7, 11) is 0. The van der Waals surface area contributed by atoms with Gasteiger partial charge < -0.3 is 4.57 Å². The molecule has 1 aromatic heterocycles. The fourth-order valence-corrected chi connectivity index (χ4v) is 3.46. The van der Waals surface area contributed by atoms with Crippen molar-refractivity contribution in [3.63, 3.8) is 0 Å². The quantitative estimate of drug-likeness (QED) is 0.583. The van der Waals surface area contributed by atoms with E-state index in [2.05, 4.69) is 45.9 Å². The van der Waals surface area contributed by atoms with Gasteiger partial charge in [0.05, 0.1) is 17.6 Å². The zero-order chi connectivity index (χ0) is 15.6. The van der Waals surface area contributed by atoms with Gasteiger partial charge in [-0.1, -0.05) is 43.3 Å². The molecule has 1 saturated heterocycles. The van der Waals surface area contributed by atoms with Crippen molar-refractivity contribution in [3.05, 3.63) is 64.9 Å². The molecular weight excluding hydrogens is 407 g/mol. The maximum absolute atomic E-state index is 6.01. The van der Waals surface area contributed by atoms with Crippen LogP contribution in [0.4, 0.5) is 0 Å². The van der Waals surface area contributed by atoms with Gasteiger partial charge in [0.25, 0.3) is 0 Å². The molecular formula is C20H24ClN3Y. The van der Waals surface area contributed by atoms with Gasteiger partial charge in [0, 0.05) is 44.3 Å². The minimum absolute atomic E-state index is 0. The van der Waals surface area contributed by atoms with Crippen LogP contribution < -0.4 is 0 Å². The van der Waals surface area contributed by atoms with Crippen LogP contribution in [0.1, 0.15) is 31.7 Å². The Kier molecular flexibility index (Phi) is 7.63. The molecule has 25 heavy (non-hydrogen) atoms. The van der Waals surface area contributed by atoms with Gasteiger partial charge in [-0.3, -0.25) is 4.90 Å². The van der Waals surface area contributed by atoms with Crippen LogP contribution >= 0.6 is 11.6 Å². The van der Waals surface area contributed by atoms with Crippen LogP contribution in [0.2, 0.25) is 5.02 Å². The van der Waals surface area contributed by atoms with E-state index >= 15 is 0 Å². The van der Waals surface area contributed by atoms with Crippen LogP contribution in [0, 0.1) is 0 Å². The third-order valence-corrected chi connectivity index (χ3v) is 4.80. The van der Waals surface area contributed by atoms with E-state index in [1.54, 1.807) is 0 Å². The molecule has 0 aliphatic carbocycles. The molecule has 0 amide bonds. The van der Waals surface area contributed by atoms with Crippen LogP contribution in [0.15, 0.2) is 48.5 Å². The zero-order valence-electron chi connectivity index (χ0n) is 13.7. The number of para-hydroxylation sites is 2. The van der Waals surface area contributed by atoms with E-state index in [4.69, 9.17) is 16.6 Å². The average Bonchev–Trinajstić information content (AvgIpc) is 3.19. The van der Waals surface area contributed by atoms with E-state index in [1.807, 2.05) is 12.1 Å². The summed E-state index contributed by atoms with van der Waals surface area (Å²) >= 11 is 6.01. The molecule has 1 fully saturated rings. The molecule has 0 bridgehead atoms. The molecule has 0 spiro atoms. The van der Waals surface area contributed by atoms with Crippen molar-refractivity contribution >= 4 is 22.6 Å². The summed E-state index contributed by atoms with van der Waals surface area (Å²) in [6, 6.07) is 16.5. The number of benzene rings is 2. The van der Waals surface area contributed by atoms with Gasteiger partial charge in [0.1, 0.15) is 5.82 Å². The Hall–Kier alpha value is -0.736. The molecule has 0 saturated carbocycles. The Bertz CT molecular complexity index is 807. The number of fused-ring (bicyclic) bond motifs is 1. The summed E-state index contributed by atoms with van der Waals surface area (Å²) in [4.78, 5) is 7.38. The smallest absolute Gasteiger partial charge is 0.124 e. The predicted octanol–water partition coefficient (Wildman–Crippen LogP) is 4.97. The van der Waals surface area contributed by atoms with Crippen molar-refractivity contribution in [1.29, 1.82) is 0 Å². The van der Waals surface area contributed by atoms with E-state index in [0.29, 0.717) is 0 Å². The Morgan fingerprint density at radius 3 is 2.32 bits per heavy atom. The first-order valence-corrected chi connectivity index (χ1v) is 8.58. The van der Waals surface area contributed by atoms with Gasteiger partial charge in [-0.25, -0.2) is 4.98 Å². The van der Waals surface area contributed by atoms with Gasteiger partial charge in [-0.2, -0.15) is 0 Å². The summed E-state index contributed by atoms with van der Waals surface area (Å²) in [6.45, 7) is 4.14. The molecule has 2 aromatic carbocycles. The number of hydrogen-bond acceptors (Lipinski definition) is 2. The van der Waals surface area contributed by atoms with Gasteiger partial charge >= 0.3 is 0 Å². The Labute approximate surface area is 180 Å². The van der Waals surface area contributed by atoms with Crippen LogP contribution in [-0.4, -0.2) is 27.5 Å². The minimum Gasteiger partial charge on any atom is -0.322 e. The molecule has 1 radical (unpaired) electrons. The molecule has 5 heteroatoms. The van der Waals surface area contributed by atoms with E-state index in [0.717, 1.165) is 29.5 Å². The third-order valence-electron chi connectivity index (χ3n) is 4.55. The maximum atomic E-state index is 6.01. The third kappa shape index (κ3) is 4.71. The summed E-state index contributed by atoms with van der Waals surface area (Å²) in [5.41, 5.74) is 3.53. The topological polar surface area (TPSA) is 21.1 Å². The first kappa shape index (κ1) is 20.6. The summed E-state index contributed by atoms with van der Waals surface area (Å²) in [5.74, 6) is 1.16. The number of halogens is 1. The molecule has 0 N–H and O–H groups in total. The normalized spacial score (nSPS) is 14.3. The SMILES string of the molecule is C.Clc1ccc(Cn2c(CN3CCCC3)nc3ccccc32)cc1.[Y]. The second-order valence-corrected chi connectivity index (χ2v) is 6.65. The van der Waals surface area contributed by atoms with Gasteiger partial charge in [-0.15, -0.1) is 0 Å². The van der Waals surface area contributed by atoms with E-state index < -0.39 is 0 Å². The van der Waals surface area contributed by atoms with Crippen LogP contribution in [-0.2, 0) is 45.8 Å².